The van der Waals surface area contributed by atoms with Crippen molar-refractivity contribution in [3.05, 3.63) is 24.3 Å². The first-order chi connectivity index (χ1) is 40.0. The van der Waals surface area contributed by atoms with Crippen LogP contribution in [0.2, 0.25) is 0 Å². The smallest absolute Gasteiger partial charge is 0.306 e. The largest absolute Gasteiger partial charge is 0.462 e. The zero-order chi connectivity index (χ0) is 58.5. The first kappa shape index (κ1) is 78.9. The number of unbranched alkanes of at least 4 members (excludes halogenated alkanes) is 54. The van der Waals surface area contributed by atoms with E-state index in [0.29, 0.717) is 19.3 Å². The summed E-state index contributed by atoms with van der Waals surface area (Å²) in [4.78, 5) is 38.4. The fraction of sp³-hybridized carbons (Fsp3) is 0.907. The van der Waals surface area contributed by atoms with Crippen LogP contribution in [0, 0.1) is 0 Å². The van der Waals surface area contributed by atoms with Crippen molar-refractivity contribution in [1.82, 2.24) is 0 Å². The van der Waals surface area contributed by atoms with Gasteiger partial charge in [-0.3, -0.25) is 14.4 Å². The Morgan fingerprint density at radius 1 is 0.247 bits per heavy atom. The highest BCUT2D eigenvalue weighted by molar-refractivity contribution is 5.71. The van der Waals surface area contributed by atoms with Crippen molar-refractivity contribution in [3.8, 4) is 0 Å². The van der Waals surface area contributed by atoms with E-state index >= 15 is 0 Å². The standard InChI is InChI=1S/C75H142O6/c1-4-7-10-13-16-19-22-25-27-29-31-32-33-34-35-36-37-38-39-40-41-42-43-44-46-47-50-53-56-59-62-65-68-74(77)80-71-72(70-79-73(76)67-64-61-58-55-52-49-24-21-18-15-12-9-6-3)81-75(78)69-66-63-60-57-54-51-48-45-30-28-26-23-20-17-14-11-8-5-2/h20,23,28,30,72H,4-19,21-22,24-27,29,31-71H2,1-3H3/b23-20-,30-28-. The summed E-state index contributed by atoms with van der Waals surface area (Å²) in [6.07, 6.45) is 86.6. The summed E-state index contributed by atoms with van der Waals surface area (Å²) in [6, 6.07) is 0. The summed E-state index contributed by atoms with van der Waals surface area (Å²) in [7, 11) is 0. The zero-order valence-electron chi connectivity index (χ0n) is 55.1. The summed E-state index contributed by atoms with van der Waals surface area (Å²) >= 11 is 0. The van der Waals surface area contributed by atoms with Crippen LogP contribution in [0.1, 0.15) is 419 Å². The summed E-state index contributed by atoms with van der Waals surface area (Å²) < 4.78 is 17.0. The van der Waals surface area contributed by atoms with Crippen LogP contribution in [0.25, 0.3) is 0 Å². The Hall–Kier alpha value is -2.11. The molecular weight excluding hydrogens is 997 g/mol. The van der Waals surface area contributed by atoms with Gasteiger partial charge in [-0.05, 0) is 51.4 Å². The number of rotatable bonds is 69. The normalized spacial score (nSPS) is 12.1. The minimum absolute atomic E-state index is 0.0682. The van der Waals surface area contributed by atoms with E-state index < -0.39 is 6.10 Å². The highest BCUT2D eigenvalue weighted by atomic mass is 16.6. The molecule has 0 radical (unpaired) electrons. The number of hydrogen-bond donors (Lipinski definition) is 0. The van der Waals surface area contributed by atoms with Crippen LogP contribution in [0.5, 0.6) is 0 Å². The number of carbonyl (C=O) groups excluding carboxylic acids is 3. The molecule has 0 saturated heterocycles. The lowest BCUT2D eigenvalue weighted by Gasteiger charge is -2.18. The molecule has 0 aliphatic rings. The summed E-state index contributed by atoms with van der Waals surface area (Å²) in [5.41, 5.74) is 0. The molecule has 0 rings (SSSR count). The highest BCUT2D eigenvalue weighted by Gasteiger charge is 2.20. The first-order valence-electron chi connectivity index (χ1n) is 36.8. The van der Waals surface area contributed by atoms with E-state index in [0.717, 1.165) is 70.6 Å². The van der Waals surface area contributed by atoms with E-state index in [1.54, 1.807) is 0 Å². The summed E-state index contributed by atoms with van der Waals surface area (Å²) in [5.74, 6) is -0.844. The molecule has 81 heavy (non-hydrogen) atoms. The maximum atomic E-state index is 12.9. The van der Waals surface area contributed by atoms with Crippen LogP contribution in [0.3, 0.4) is 0 Å². The van der Waals surface area contributed by atoms with Gasteiger partial charge < -0.3 is 14.2 Å². The number of ether oxygens (including phenoxy) is 3. The van der Waals surface area contributed by atoms with Crippen LogP contribution in [0.15, 0.2) is 24.3 Å². The van der Waals surface area contributed by atoms with Gasteiger partial charge in [0.2, 0.25) is 0 Å². The van der Waals surface area contributed by atoms with Crippen LogP contribution >= 0.6 is 0 Å². The fourth-order valence-corrected chi connectivity index (χ4v) is 11.4. The molecule has 0 spiro atoms. The van der Waals surface area contributed by atoms with Crippen LogP contribution in [-0.4, -0.2) is 37.2 Å². The van der Waals surface area contributed by atoms with Crippen LogP contribution in [0.4, 0.5) is 0 Å². The number of carbonyl (C=O) groups is 3. The van der Waals surface area contributed by atoms with Crippen molar-refractivity contribution >= 4 is 17.9 Å². The summed E-state index contributed by atoms with van der Waals surface area (Å²) in [5, 5.41) is 0. The maximum Gasteiger partial charge on any atom is 0.306 e. The number of allylic oxidation sites excluding steroid dienone is 4. The molecule has 478 valence electrons. The van der Waals surface area contributed by atoms with Gasteiger partial charge in [-0.25, -0.2) is 0 Å². The van der Waals surface area contributed by atoms with Crippen molar-refractivity contribution in [3.63, 3.8) is 0 Å². The predicted octanol–water partition coefficient (Wildman–Crippen LogP) is 25.3. The van der Waals surface area contributed by atoms with Gasteiger partial charge in [-0.15, -0.1) is 0 Å². The van der Waals surface area contributed by atoms with Gasteiger partial charge in [0.1, 0.15) is 13.2 Å². The van der Waals surface area contributed by atoms with Crippen molar-refractivity contribution in [1.29, 1.82) is 0 Å². The highest BCUT2D eigenvalue weighted by Crippen LogP contribution is 2.19. The second-order valence-electron chi connectivity index (χ2n) is 25.2. The minimum atomic E-state index is -0.772. The predicted molar refractivity (Wildman–Crippen MR) is 353 cm³/mol. The lowest BCUT2D eigenvalue weighted by Crippen LogP contribution is -2.30. The lowest BCUT2D eigenvalue weighted by molar-refractivity contribution is -0.167. The van der Waals surface area contributed by atoms with Gasteiger partial charge in [0.05, 0.1) is 0 Å². The fourth-order valence-electron chi connectivity index (χ4n) is 11.4. The minimum Gasteiger partial charge on any atom is -0.462 e. The zero-order valence-corrected chi connectivity index (χ0v) is 55.1. The lowest BCUT2D eigenvalue weighted by atomic mass is 10.0. The molecule has 0 heterocycles. The van der Waals surface area contributed by atoms with E-state index in [4.69, 9.17) is 14.2 Å². The average Bonchev–Trinajstić information content (AvgIpc) is 3.47. The van der Waals surface area contributed by atoms with Crippen molar-refractivity contribution < 1.29 is 28.6 Å². The molecule has 1 unspecified atom stereocenters. The van der Waals surface area contributed by atoms with Crippen LogP contribution in [-0.2, 0) is 28.6 Å². The van der Waals surface area contributed by atoms with Gasteiger partial charge in [0.25, 0.3) is 0 Å². The molecule has 0 bridgehead atoms. The van der Waals surface area contributed by atoms with E-state index in [1.807, 2.05) is 0 Å². The molecule has 6 nitrogen and oxygen atoms in total. The third-order valence-electron chi connectivity index (χ3n) is 17.0. The number of hydrogen-bond acceptors (Lipinski definition) is 6. The third kappa shape index (κ3) is 68.6. The van der Waals surface area contributed by atoms with Crippen LogP contribution < -0.4 is 0 Å². The summed E-state index contributed by atoms with van der Waals surface area (Å²) in [6.45, 7) is 6.70. The molecule has 0 N–H and O–H groups in total. The molecule has 1 atom stereocenters. The Bertz CT molecular complexity index is 1310. The van der Waals surface area contributed by atoms with E-state index in [2.05, 4.69) is 45.1 Å². The molecule has 0 aromatic rings. The van der Waals surface area contributed by atoms with Crippen molar-refractivity contribution in [2.75, 3.05) is 13.2 Å². The Balaban J connectivity index is 4.11. The van der Waals surface area contributed by atoms with E-state index in [1.165, 1.54) is 308 Å². The van der Waals surface area contributed by atoms with Gasteiger partial charge in [0, 0.05) is 19.3 Å². The molecule has 0 amide bonds. The molecule has 6 heteroatoms. The quantitative estimate of drug-likeness (QED) is 0.0261. The number of esters is 3. The van der Waals surface area contributed by atoms with Crippen molar-refractivity contribution in [2.45, 2.75) is 425 Å². The molecule has 0 aromatic heterocycles. The van der Waals surface area contributed by atoms with Crippen molar-refractivity contribution in [2.24, 2.45) is 0 Å². The Morgan fingerprint density at radius 2 is 0.444 bits per heavy atom. The van der Waals surface area contributed by atoms with Gasteiger partial charge >= 0.3 is 17.9 Å². The Morgan fingerprint density at radius 3 is 0.691 bits per heavy atom. The second-order valence-corrected chi connectivity index (χ2v) is 25.2. The van der Waals surface area contributed by atoms with Gasteiger partial charge in [-0.2, -0.15) is 0 Å². The SMILES string of the molecule is CCCCCC/C=C\C/C=C\CCCCCCCCCC(=O)OC(COC(=O)CCCCCCCCCCCCCCC)COC(=O)CCCCCCCCCCCCCCCCCCCCCCCCCCCCCCCCCC. The Kier molecular flexibility index (Phi) is 68.5. The second kappa shape index (κ2) is 70.4. The molecule has 0 fully saturated rings. The molecule has 0 aliphatic carbocycles. The Labute approximate surface area is 506 Å². The molecule has 0 aromatic carbocycles. The molecule has 0 saturated carbocycles. The maximum absolute atomic E-state index is 12.9. The van der Waals surface area contributed by atoms with Gasteiger partial charge in [-0.1, -0.05) is 373 Å². The average molecular weight is 1140 g/mol. The van der Waals surface area contributed by atoms with E-state index in [9.17, 15) is 14.4 Å². The topological polar surface area (TPSA) is 78.9 Å². The monoisotopic (exact) mass is 1140 g/mol. The first-order valence-corrected chi connectivity index (χ1v) is 36.8. The molecule has 0 aliphatic heterocycles. The van der Waals surface area contributed by atoms with E-state index in [-0.39, 0.29) is 31.1 Å². The van der Waals surface area contributed by atoms with Gasteiger partial charge in [0.15, 0.2) is 6.10 Å². The molecular formula is C75H142O6. The third-order valence-corrected chi connectivity index (χ3v) is 17.0.